The lowest BCUT2D eigenvalue weighted by Crippen LogP contribution is -2.18. The number of hydrogen-bond acceptors (Lipinski definition) is 1. The van der Waals surface area contributed by atoms with E-state index in [0.717, 1.165) is 12.3 Å². The maximum atomic E-state index is 3.40. The van der Waals surface area contributed by atoms with E-state index in [1.807, 2.05) is 7.05 Å². The van der Waals surface area contributed by atoms with Gasteiger partial charge in [0.15, 0.2) is 0 Å². The SMILES string of the molecule is CCc1cccc(C(CC(C)C)NC)c1. The molecule has 1 aromatic rings. The van der Waals surface area contributed by atoms with Gasteiger partial charge in [-0.05, 0) is 36.9 Å². The summed E-state index contributed by atoms with van der Waals surface area (Å²) in [5, 5.41) is 3.40. The third kappa shape index (κ3) is 3.67. The van der Waals surface area contributed by atoms with Crippen molar-refractivity contribution in [1.29, 1.82) is 0 Å². The molecule has 0 spiro atoms. The van der Waals surface area contributed by atoms with Gasteiger partial charge < -0.3 is 5.32 Å². The van der Waals surface area contributed by atoms with Crippen molar-refractivity contribution >= 4 is 0 Å². The topological polar surface area (TPSA) is 12.0 Å². The zero-order valence-electron chi connectivity index (χ0n) is 10.4. The fourth-order valence-corrected chi connectivity index (χ4v) is 1.92. The van der Waals surface area contributed by atoms with Gasteiger partial charge in [-0.1, -0.05) is 45.0 Å². The number of aryl methyl sites for hydroxylation is 1. The number of hydrogen-bond donors (Lipinski definition) is 1. The largest absolute Gasteiger partial charge is 0.313 e. The molecule has 0 heterocycles. The highest BCUT2D eigenvalue weighted by atomic mass is 14.9. The van der Waals surface area contributed by atoms with Crippen molar-refractivity contribution in [1.82, 2.24) is 5.32 Å². The van der Waals surface area contributed by atoms with Crippen molar-refractivity contribution in [2.45, 2.75) is 39.7 Å². The van der Waals surface area contributed by atoms with E-state index in [0.29, 0.717) is 6.04 Å². The molecule has 1 atom stereocenters. The summed E-state index contributed by atoms with van der Waals surface area (Å²) in [5.74, 6) is 0.729. The highest BCUT2D eigenvalue weighted by molar-refractivity contribution is 5.26. The van der Waals surface area contributed by atoms with Crippen molar-refractivity contribution in [2.24, 2.45) is 5.92 Å². The van der Waals surface area contributed by atoms with Crippen LogP contribution in [0.4, 0.5) is 0 Å². The van der Waals surface area contributed by atoms with Crippen LogP contribution >= 0.6 is 0 Å². The minimum absolute atomic E-state index is 0.497. The first-order valence-electron chi connectivity index (χ1n) is 5.93. The predicted molar refractivity (Wildman–Crippen MR) is 67.1 cm³/mol. The molecule has 84 valence electrons. The van der Waals surface area contributed by atoms with E-state index in [1.165, 1.54) is 17.5 Å². The average molecular weight is 205 g/mol. The molecule has 0 aliphatic carbocycles. The van der Waals surface area contributed by atoms with Crippen molar-refractivity contribution in [2.75, 3.05) is 7.05 Å². The zero-order valence-corrected chi connectivity index (χ0v) is 10.4. The quantitative estimate of drug-likeness (QED) is 0.775. The summed E-state index contributed by atoms with van der Waals surface area (Å²) in [6.07, 6.45) is 2.32. The summed E-state index contributed by atoms with van der Waals surface area (Å²) in [5.41, 5.74) is 2.85. The van der Waals surface area contributed by atoms with Crippen molar-refractivity contribution in [3.05, 3.63) is 35.4 Å². The molecule has 0 bridgehead atoms. The predicted octanol–water partition coefficient (Wildman–Crippen LogP) is 3.56. The number of nitrogens with one attached hydrogen (secondary N) is 1. The third-order valence-electron chi connectivity index (χ3n) is 2.82. The Balaban J connectivity index is 2.81. The lowest BCUT2D eigenvalue weighted by atomic mass is 9.95. The molecule has 1 nitrogen and oxygen atoms in total. The van der Waals surface area contributed by atoms with Gasteiger partial charge in [-0.15, -0.1) is 0 Å². The highest BCUT2D eigenvalue weighted by Gasteiger charge is 2.10. The lowest BCUT2D eigenvalue weighted by Gasteiger charge is -2.19. The van der Waals surface area contributed by atoms with E-state index in [4.69, 9.17) is 0 Å². The van der Waals surface area contributed by atoms with Gasteiger partial charge in [0.25, 0.3) is 0 Å². The minimum Gasteiger partial charge on any atom is -0.313 e. The molecule has 1 N–H and O–H groups in total. The van der Waals surface area contributed by atoms with Gasteiger partial charge in [-0.2, -0.15) is 0 Å². The van der Waals surface area contributed by atoms with E-state index in [9.17, 15) is 0 Å². The van der Waals surface area contributed by atoms with E-state index < -0.39 is 0 Å². The number of benzene rings is 1. The third-order valence-corrected chi connectivity index (χ3v) is 2.82. The smallest absolute Gasteiger partial charge is 0.0320 e. The standard InChI is InChI=1S/C14H23N/c1-5-12-7-6-8-13(10-12)14(15-4)9-11(2)3/h6-8,10-11,14-15H,5,9H2,1-4H3. The summed E-state index contributed by atoms with van der Waals surface area (Å²) in [7, 11) is 2.05. The molecule has 0 aliphatic rings. The van der Waals surface area contributed by atoms with E-state index in [1.54, 1.807) is 0 Å². The van der Waals surface area contributed by atoms with E-state index >= 15 is 0 Å². The maximum Gasteiger partial charge on any atom is 0.0320 e. The molecule has 0 saturated carbocycles. The fourth-order valence-electron chi connectivity index (χ4n) is 1.92. The van der Waals surface area contributed by atoms with Crippen molar-refractivity contribution < 1.29 is 0 Å². The Bertz CT molecular complexity index is 291. The molecule has 1 aromatic carbocycles. The van der Waals surface area contributed by atoms with Crippen LogP contribution in [0.2, 0.25) is 0 Å². The molecule has 1 heteroatoms. The Labute approximate surface area is 93.9 Å². The number of rotatable bonds is 5. The van der Waals surface area contributed by atoms with Gasteiger partial charge in [0, 0.05) is 6.04 Å². The molecule has 0 radical (unpaired) electrons. The fraction of sp³-hybridized carbons (Fsp3) is 0.571. The zero-order chi connectivity index (χ0) is 11.3. The van der Waals surface area contributed by atoms with E-state index in [2.05, 4.69) is 50.4 Å². The van der Waals surface area contributed by atoms with Crippen LogP contribution in [0.3, 0.4) is 0 Å². The monoisotopic (exact) mass is 205 g/mol. The highest BCUT2D eigenvalue weighted by Crippen LogP contribution is 2.21. The second-order valence-corrected chi connectivity index (χ2v) is 4.57. The van der Waals surface area contributed by atoms with Gasteiger partial charge in [-0.3, -0.25) is 0 Å². The van der Waals surface area contributed by atoms with Gasteiger partial charge in [0.05, 0.1) is 0 Å². The molecule has 0 aromatic heterocycles. The van der Waals surface area contributed by atoms with Crippen LogP contribution < -0.4 is 5.32 Å². The van der Waals surface area contributed by atoms with Crippen molar-refractivity contribution in [3.63, 3.8) is 0 Å². The van der Waals surface area contributed by atoms with Crippen LogP contribution in [0.25, 0.3) is 0 Å². The minimum atomic E-state index is 0.497. The van der Waals surface area contributed by atoms with E-state index in [-0.39, 0.29) is 0 Å². The molecule has 1 unspecified atom stereocenters. The first-order valence-corrected chi connectivity index (χ1v) is 5.93. The van der Waals surface area contributed by atoms with Crippen LogP contribution in [0.15, 0.2) is 24.3 Å². The Kier molecular flexibility index (Phi) is 4.83. The van der Waals surface area contributed by atoms with Crippen LogP contribution in [0, 0.1) is 5.92 Å². The average Bonchev–Trinajstić information content (AvgIpc) is 2.25. The van der Waals surface area contributed by atoms with Gasteiger partial charge in [0.2, 0.25) is 0 Å². The summed E-state index contributed by atoms with van der Waals surface area (Å²) in [6.45, 7) is 6.75. The second-order valence-electron chi connectivity index (χ2n) is 4.57. The Hall–Kier alpha value is -0.820. The van der Waals surface area contributed by atoms with Gasteiger partial charge in [-0.25, -0.2) is 0 Å². The summed E-state index contributed by atoms with van der Waals surface area (Å²) in [6, 6.07) is 9.41. The molecule has 1 rings (SSSR count). The van der Waals surface area contributed by atoms with Crippen LogP contribution in [0.5, 0.6) is 0 Å². The Morgan fingerprint density at radius 2 is 2.00 bits per heavy atom. The van der Waals surface area contributed by atoms with Gasteiger partial charge in [0.1, 0.15) is 0 Å². The summed E-state index contributed by atoms with van der Waals surface area (Å²) in [4.78, 5) is 0. The first-order chi connectivity index (χ1) is 7.17. The molecule has 0 fully saturated rings. The second kappa shape index (κ2) is 5.92. The molecule has 15 heavy (non-hydrogen) atoms. The molecule has 0 aliphatic heterocycles. The summed E-state index contributed by atoms with van der Waals surface area (Å²) < 4.78 is 0. The Morgan fingerprint density at radius 3 is 2.53 bits per heavy atom. The molecular formula is C14H23N. The molecule has 0 saturated heterocycles. The molecule has 0 amide bonds. The Morgan fingerprint density at radius 1 is 1.27 bits per heavy atom. The first kappa shape index (κ1) is 12.3. The summed E-state index contributed by atoms with van der Waals surface area (Å²) >= 11 is 0. The van der Waals surface area contributed by atoms with Gasteiger partial charge >= 0.3 is 0 Å². The maximum absolute atomic E-state index is 3.40. The van der Waals surface area contributed by atoms with Crippen LogP contribution in [-0.4, -0.2) is 7.05 Å². The normalized spacial score (nSPS) is 13.1. The molecular weight excluding hydrogens is 182 g/mol. The van der Waals surface area contributed by atoms with Crippen molar-refractivity contribution in [3.8, 4) is 0 Å². The lowest BCUT2D eigenvalue weighted by molar-refractivity contribution is 0.456. The van der Waals surface area contributed by atoms with Crippen LogP contribution in [-0.2, 0) is 6.42 Å². The van der Waals surface area contributed by atoms with Crippen LogP contribution in [0.1, 0.15) is 44.4 Å².